The highest BCUT2D eigenvalue weighted by Gasteiger charge is 2.41. The van der Waals surface area contributed by atoms with Gasteiger partial charge in [-0.05, 0) is 30.2 Å². The van der Waals surface area contributed by atoms with Crippen molar-refractivity contribution in [3.8, 4) is 6.07 Å². The molecule has 3 rings (SSSR count). The average Bonchev–Trinajstić information content (AvgIpc) is 3.40. The van der Waals surface area contributed by atoms with Crippen molar-refractivity contribution in [2.45, 2.75) is 70.5 Å². The summed E-state index contributed by atoms with van der Waals surface area (Å²) in [6, 6.07) is 11.2. The van der Waals surface area contributed by atoms with E-state index < -0.39 is 55.9 Å². The first kappa shape index (κ1) is 36.2. The molecule has 0 bridgehead atoms. The van der Waals surface area contributed by atoms with E-state index in [0.29, 0.717) is 24.8 Å². The number of nitriles is 1. The van der Waals surface area contributed by atoms with Crippen molar-refractivity contribution in [1.82, 2.24) is 9.55 Å². The van der Waals surface area contributed by atoms with Crippen LogP contribution in [0.1, 0.15) is 57.2 Å². The molecule has 0 radical (unpaired) electrons. The molecule has 0 spiro atoms. The quantitative estimate of drug-likeness (QED) is 0.132. The number of H-pyrrole nitrogens is 1. The van der Waals surface area contributed by atoms with Crippen molar-refractivity contribution in [3.05, 3.63) is 68.7 Å². The first-order chi connectivity index (χ1) is 21.6. The molecule has 1 N–H and O–H groups in total. The van der Waals surface area contributed by atoms with Gasteiger partial charge in [0.05, 0.1) is 38.5 Å². The molecule has 2 aromatic rings. The van der Waals surface area contributed by atoms with E-state index in [9.17, 15) is 28.1 Å². The molecule has 1 aromatic heterocycles. The van der Waals surface area contributed by atoms with Crippen LogP contribution >= 0.6 is 19.6 Å². The smallest absolute Gasteiger partial charge is 0.460 e. The van der Waals surface area contributed by atoms with Crippen molar-refractivity contribution in [2.24, 2.45) is 0 Å². The molecule has 0 amide bonds. The van der Waals surface area contributed by atoms with Gasteiger partial charge in [-0.1, -0.05) is 43.2 Å². The monoisotopic (exact) mass is 671 g/mol. The standard InChI is InChI=1S/C28H35FN3O11PS/c1-20(33)42-23-16-25(32-17-22(29)26(34)31-27(32)35)43-24(23)19-41-44(37,40-14-9-12-30)39-13-7-2-3-8-15-45-28(36)38-18-21-10-5-4-6-11-21/h4-6,10-11,17,23-25H,2-3,7-9,13-16,18-19H2,1H3,(H,31,34,35)/t23-,24-,25-,44?/m1/s1. The summed E-state index contributed by atoms with van der Waals surface area (Å²) < 4.78 is 60.3. The summed E-state index contributed by atoms with van der Waals surface area (Å²) in [5.41, 5.74) is -1.23. The molecule has 1 unspecified atom stereocenters. The highest BCUT2D eigenvalue weighted by atomic mass is 32.2. The average molecular weight is 672 g/mol. The molecule has 14 nitrogen and oxygen atoms in total. The van der Waals surface area contributed by atoms with Crippen molar-refractivity contribution in [2.75, 3.05) is 25.6 Å². The summed E-state index contributed by atoms with van der Waals surface area (Å²) in [4.78, 5) is 49.0. The zero-order valence-electron chi connectivity index (χ0n) is 24.6. The second kappa shape index (κ2) is 18.6. The first-order valence-corrected chi connectivity index (χ1v) is 16.6. The highest BCUT2D eigenvalue weighted by molar-refractivity contribution is 8.13. The van der Waals surface area contributed by atoms with E-state index in [2.05, 4.69) is 0 Å². The second-order valence-electron chi connectivity index (χ2n) is 9.76. The Hall–Kier alpha value is -3.32. The third-order valence-corrected chi connectivity index (χ3v) is 8.61. The van der Waals surface area contributed by atoms with Gasteiger partial charge in [0.1, 0.15) is 25.0 Å². The van der Waals surface area contributed by atoms with E-state index in [1.165, 1.54) is 0 Å². The van der Waals surface area contributed by atoms with E-state index in [1.807, 2.05) is 41.4 Å². The predicted molar refractivity (Wildman–Crippen MR) is 159 cm³/mol. The van der Waals surface area contributed by atoms with Crippen LogP contribution in [0.5, 0.6) is 0 Å². The van der Waals surface area contributed by atoms with Crippen molar-refractivity contribution < 1.29 is 46.3 Å². The summed E-state index contributed by atoms with van der Waals surface area (Å²) >= 11 is 1.10. The van der Waals surface area contributed by atoms with Gasteiger partial charge in [-0.25, -0.2) is 14.2 Å². The van der Waals surface area contributed by atoms with Crippen LogP contribution in [0.15, 0.2) is 46.1 Å². The van der Waals surface area contributed by atoms with Crippen LogP contribution in [0, 0.1) is 17.1 Å². The Kier molecular flexibility index (Phi) is 14.9. The zero-order valence-corrected chi connectivity index (χ0v) is 26.3. The van der Waals surface area contributed by atoms with E-state index >= 15 is 0 Å². The van der Waals surface area contributed by atoms with Crippen LogP contribution in [-0.4, -0.2) is 58.6 Å². The molecular weight excluding hydrogens is 636 g/mol. The molecule has 246 valence electrons. The SMILES string of the molecule is CC(=O)O[C@@H]1C[C@H](n2cc(F)c(=O)[nH]c2=O)O[C@@H]1COP(=O)(OCCC#N)OCCCCCCSC(=O)OCc1ccccc1. The number of rotatable bonds is 18. The number of nitrogens with one attached hydrogen (secondary N) is 1. The van der Waals surface area contributed by atoms with Crippen LogP contribution in [0.3, 0.4) is 0 Å². The second-order valence-corrected chi connectivity index (χ2v) is 12.5. The number of benzene rings is 1. The largest absolute Gasteiger partial charge is 0.474 e. The first-order valence-electron chi connectivity index (χ1n) is 14.2. The number of unbranched alkanes of at least 4 members (excludes halogenated alkanes) is 3. The molecule has 2 heterocycles. The molecule has 17 heteroatoms. The molecule has 1 fully saturated rings. The van der Waals surface area contributed by atoms with Crippen LogP contribution in [-0.2, 0) is 43.7 Å². The van der Waals surface area contributed by atoms with Gasteiger partial charge >= 0.3 is 24.8 Å². The lowest BCUT2D eigenvalue weighted by Gasteiger charge is -2.22. The third kappa shape index (κ3) is 12.5. The maximum Gasteiger partial charge on any atom is 0.474 e. The summed E-state index contributed by atoms with van der Waals surface area (Å²) in [6.07, 6.45) is 0.0436. The number of thioether (sulfide) groups is 1. The molecule has 45 heavy (non-hydrogen) atoms. The molecule has 4 atom stereocenters. The lowest BCUT2D eigenvalue weighted by molar-refractivity contribution is -0.150. The fourth-order valence-corrected chi connectivity index (χ4v) is 6.04. The Morgan fingerprint density at radius 1 is 1.13 bits per heavy atom. The van der Waals surface area contributed by atoms with E-state index in [-0.39, 0.29) is 38.0 Å². The van der Waals surface area contributed by atoms with Gasteiger partial charge in [0.15, 0.2) is 0 Å². The van der Waals surface area contributed by atoms with Gasteiger partial charge in [-0.2, -0.15) is 9.65 Å². The van der Waals surface area contributed by atoms with E-state index in [4.69, 9.17) is 33.0 Å². The molecular formula is C28H35FN3O11PS. The van der Waals surface area contributed by atoms with Crippen molar-refractivity contribution >= 4 is 30.9 Å². The lowest BCUT2D eigenvalue weighted by atomic mass is 10.2. The summed E-state index contributed by atoms with van der Waals surface area (Å²) in [5.74, 6) is -1.30. The molecule has 1 aliphatic rings. The van der Waals surface area contributed by atoms with Crippen LogP contribution in [0.4, 0.5) is 9.18 Å². The topological polar surface area (TPSA) is 185 Å². The van der Waals surface area contributed by atoms with Crippen molar-refractivity contribution in [3.63, 3.8) is 0 Å². The van der Waals surface area contributed by atoms with E-state index in [1.54, 1.807) is 0 Å². The van der Waals surface area contributed by atoms with E-state index in [0.717, 1.165) is 41.7 Å². The van der Waals surface area contributed by atoms with Crippen LogP contribution in [0.25, 0.3) is 0 Å². The summed E-state index contributed by atoms with van der Waals surface area (Å²) in [6.45, 7) is 0.682. The third-order valence-electron chi connectivity index (χ3n) is 6.30. The van der Waals surface area contributed by atoms with Gasteiger partial charge in [0, 0.05) is 19.1 Å². The normalized spacial score (nSPS) is 19.0. The van der Waals surface area contributed by atoms with Crippen molar-refractivity contribution in [1.29, 1.82) is 5.26 Å². The molecule has 0 saturated carbocycles. The molecule has 1 aromatic carbocycles. The maximum atomic E-state index is 13.8. The minimum absolute atomic E-state index is 0.00363. The molecule has 0 aliphatic carbocycles. The Labute approximate surface area is 262 Å². The number of halogens is 1. The Morgan fingerprint density at radius 2 is 1.87 bits per heavy atom. The van der Waals surface area contributed by atoms with Gasteiger partial charge in [-0.3, -0.25) is 32.7 Å². The predicted octanol–water partition coefficient (Wildman–Crippen LogP) is 4.60. The number of aromatic amines is 1. The lowest BCUT2D eigenvalue weighted by Crippen LogP contribution is -2.34. The van der Waals surface area contributed by atoms with Gasteiger partial charge in [0.2, 0.25) is 5.82 Å². The minimum atomic E-state index is -4.20. The molecule has 1 saturated heterocycles. The van der Waals surface area contributed by atoms with Gasteiger partial charge in [-0.15, -0.1) is 0 Å². The number of carbonyl (C=O) groups is 2. The zero-order chi connectivity index (χ0) is 32.7. The Bertz CT molecular complexity index is 1470. The number of phosphoric acid groups is 1. The number of esters is 1. The van der Waals surface area contributed by atoms with Gasteiger partial charge < -0.3 is 14.2 Å². The number of aromatic nitrogens is 2. The maximum absolute atomic E-state index is 13.8. The molecule has 1 aliphatic heterocycles. The Balaban J connectivity index is 1.44. The summed E-state index contributed by atoms with van der Waals surface area (Å²) in [5, 5.41) is 8.49. The minimum Gasteiger partial charge on any atom is -0.460 e. The number of nitrogens with zero attached hydrogens (tertiary/aromatic N) is 2. The number of phosphoric ester groups is 1. The number of carbonyl (C=O) groups excluding carboxylic acids is 2. The van der Waals surface area contributed by atoms with Gasteiger partial charge in [0.25, 0.3) is 5.56 Å². The van der Waals surface area contributed by atoms with Crippen LogP contribution < -0.4 is 11.2 Å². The fraction of sp³-hybridized carbons (Fsp3) is 0.536. The van der Waals surface area contributed by atoms with Crippen LogP contribution in [0.2, 0.25) is 0 Å². The summed E-state index contributed by atoms with van der Waals surface area (Å²) in [7, 11) is -4.20. The highest BCUT2D eigenvalue weighted by Crippen LogP contribution is 2.50. The fourth-order valence-electron chi connectivity index (χ4n) is 4.16. The Morgan fingerprint density at radius 3 is 2.60 bits per heavy atom. The number of hydrogen-bond acceptors (Lipinski definition) is 13. The number of hydrogen-bond donors (Lipinski definition) is 1. The number of ether oxygens (including phenoxy) is 3.